The van der Waals surface area contributed by atoms with E-state index < -0.39 is 6.36 Å². The fraction of sp³-hybridized carbons (Fsp3) is 1.00. The third kappa shape index (κ3) is 6.12. The van der Waals surface area contributed by atoms with Crippen LogP contribution in [0, 0.1) is 5.92 Å². The summed E-state index contributed by atoms with van der Waals surface area (Å²) in [4.78, 5) is 0. The first-order chi connectivity index (χ1) is 5.58. The van der Waals surface area contributed by atoms with Crippen molar-refractivity contribution in [2.24, 2.45) is 5.92 Å². The highest BCUT2D eigenvalue weighted by Gasteiger charge is 2.30. The van der Waals surface area contributed by atoms with E-state index in [4.69, 9.17) is 0 Å². The molecule has 0 unspecified atom stereocenters. The first kappa shape index (κ1) is 13.0. The molecule has 80 valence electrons. The van der Waals surface area contributed by atoms with Crippen LogP contribution in [0.4, 0.5) is 13.2 Å². The van der Waals surface area contributed by atoms with Gasteiger partial charge in [-0.3, -0.25) is 4.74 Å². The molecule has 1 aliphatic heterocycles. The quantitative estimate of drug-likeness (QED) is 0.767. The SMILES string of the molecule is Cl.FC(F)(F)OCC1CCNCC1. The molecule has 1 heterocycles. The largest absolute Gasteiger partial charge is 0.522 e. The Morgan fingerprint density at radius 2 is 1.77 bits per heavy atom. The Balaban J connectivity index is 0.00000144. The van der Waals surface area contributed by atoms with Crippen LogP contribution >= 0.6 is 12.4 Å². The monoisotopic (exact) mass is 219 g/mol. The Bertz CT molecular complexity index is 136. The van der Waals surface area contributed by atoms with E-state index in [0.29, 0.717) is 0 Å². The minimum atomic E-state index is -4.47. The van der Waals surface area contributed by atoms with Gasteiger partial charge in [-0.1, -0.05) is 0 Å². The molecule has 0 bridgehead atoms. The molecule has 0 aromatic carbocycles. The molecule has 1 saturated heterocycles. The van der Waals surface area contributed by atoms with Crippen LogP contribution in [0.3, 0.4) is 0 Å². The van der Waals surface area contributed by atoms with Crippen molar-refractivity contribution in [3.05, 3.63) is 0 Å². The molecule has 0 radical (unpaired) electrons. The van der Waals surface area contributed by atoms with Gasteiger partial charge in [0.1, 0.15) is 0 Å². The molecule has 1 aliphatic rings. The van der Waals surface area contributed by atoms with E-state index in [1.54, 1.807) is 0 Å². The molecule has 0 saturated carbocycles. The molecule has 2 nitrogen and oxygen atoms in total. The lowest BCUT2D eigenvalue weighted by molar-refractivity contribution is -0.328. The Morgan fingerprint density at radius 1 is 1.23 bits per heavy atom. The van der Waals surface area contributed by atoms with Crippen molar-refractivity contribution in [1.29, 1.82) is 0 Å². The van der Waals surface area contributed by atoms with E-state index in [-0.39, 0.29) is 24.9 Å². The Kier molecular flexibility index (Phi) is 5.67. The highest BCUT2D eigenvalue weighted by Crippen LogP contribution is 2.20. The van der Waals surface area contributed by atoms with Crippen molar-refractivity contribution in [3.8, 4) is 0 Å². The smallest absolute Gasteiger partial charge is 0.317 e. The van der Waals surface area contributed by atoms with Gasteiger partial charge in [-0.25, -0.2) is 0 Å². The number of ether oxygens (including phenoxy) is 1. The second-order valence-corrected chi connectivity index (χ2v) is 2.95. The predicted octanol–water partition coefficient (Wildman–Crippen LogP) is 1.94. The molecule has 0 aliphatic carbocycles. The van der Waals surface area contributed by atoms with E-state index in [0.717, 1.165) is 25.9 Å². The maximum Gasteiger partial charge on any atom is 0.522 e. The normalized spacial score (nSPS) is 19.6. The number of hydrogen-bond donors (Lipinski definition) is 1. The summed E-state index contributed by atoms with van der Waals surface area (Å²) in [5.41, 5.74) is 0. The summed E-state index contributed by atoms with van der Waals surface area (Å²) in [6.07, 6.45) is -2.92. The van der Waals surface area contributed by atoms with E-state index in [1.165, 1.54) is 0 Å². The average Bonchev–Trinajstić information content (AvgIpc) is 2.02. The second-order valence-electron chi connectivity index (χ2n) is 2.95. The van der Waals surface area contributed by atoms with Crippen LogP contribution in [-0.4, -0.2) is 26.1 Å². The Morgan fingerprint density at radius 3 is 2.23 bits per heavy atom. The molecule has 13 heavy (non-hydrogen) atoms. The molecule has 0 aromatic rings. The van der Waals surface area contributed by atoms with Crippen LogP contribution in [0.5, 0.6) is 0 Å². The van der Waals surface area contributed by atoms with Crippen molar-refractivity contribution in [2.45, 2.75) is 19.2 Å². The first-order valence-electron chi connectivity index (χ1n) is 3.99. The van der Waals surface area contributed by atoms with Gasteiger partial charge < -0.3 is 5.32 Å². The number of nitrogens with one attached hydrogen (secondary N) is 1. The lowest BCUT2D eigenvalue weighted by Crippen LogP contribution is -2.31. The number of rotatable bonds is 2. The number of piperidine rings is 1. The fourth-order valence-electron chi connectivity index (χ4n) is 1.26. The zero-order chi connectivity index (χ0) is 9.03. The highest BCUT2D eigenvalue weighted by atomic mass is 35.5. The van der Waals surface area contributed by atoms with Gasteiger partial charge >= 0.3 is 6.36 Å². The summed E-state index contributed by atoms with van der Waals surface area (Å²) in [5.74, 6) is 0.0628. The van der Waals surface area contributed by atoms with Gasteiger partial charge in [0, 0.05) is 0 Å². The molecule has 0 amide bonds. The molecular formula is C7H13ClF3NO. The van der Waals surface area contributed by atoms with Gasteiger partial charge in [-0.2, -0.15) is 0 Å². The predicted molar refractivity (Wildman–Crippen MR) is 44.8 cm³/mol. The van der Waals surface area contributed by atoms with Gasteiger partial charge in [-0.15, -0.1) is 25.6 Å². The van der Waals surface area contributed by atoms with Crippen LogP contribution < -0.4 is 5.32 Å². The third-order valence-corrected chi connectivity index (χ3v) is 1.94. The number of halogens is 4. The van der Waals surface area contributed by atoms with Crippen molar-refractivity contribution >= 4 is 12.4 Å². The van der Waals surface area contributed by atoms with Gasteiger partial charge in [0.15, 0.2) is 0 Å². The van der Waals surface area contributed by atoms with Crippen LogP contribution in [0.2, 0.25) is 0 Å². The van der Waals surface area contributed by atoms with E-state index >= 15 is 0 Å². The summed E-state index contributed by atoms with van der Waals surface area (Å²) in [5, 5.41) is 3.08. The fourth-order valence-corrected chi connectivity index (χ4v) is 1.26. The number of hydrogen-bond acceptors (Lipinski definition) is 2. The van der Waals surface area contributed by atoms with Crippen LogP contribution in [0.15, 0.2) is 0 Å². The third-order valence-electron chi connectivity index (χ3n) is 1.94. The van der Waals surface area contributed by atoms with Gasteiger partial charge in [0.2, 0.25) is 0 Å². The van der Waals surface area contributed by atoms with Gasteiger partial charge in [0.05, 0.1) is 6.61 Å². The van der Waals surface area contributed by atoms with Crippen molar-refractivity contribution in [3.63, 3.8) is 0 Å². The lowest BCUT2D eigenvalue weighted by atomic mass is 9.99. The zero-order valence-corrected chi connectivity index (χ0v) is 7.88. The molecule has 1 fully saturated rings. The average molecular weight is 220 g/mol. The summed E-state index contributed by atoms with van der Waals surface area (Å²) < 4.78 is 38.5. The minimum absolute atomic E-state index is 0. The standard InChI is InChI=1S/C7H12F3NO.ClH/c8-7(9,10)12-5-6-1-3-11-4-2-6;/h6,11H,1-5H2;1H. The molecule has 0 aromatic heterocycles. The summed E-state index contributed by atoms with van der Waals surface area (Å²) >= 11 is 0. The van der Waals surface area contributed by atoms with Crippen molar-refractivity contribution in [1.82, 2.24) is 5.32 Å². The Hall–Kier alpha value is -0.0000000000000000416. The number of alkyl halides is 3. The maximum atomic E-state index is 11.6. The molecular weight excluding hydrogens is 207 g/mol. The van der Waals surface area contributed by atoms with Crippen molar-refractivity contribution < 1.29 is 17.9 Å². The Labute approximate surface area is 81.2 Å². The summed E-state index contributed by atoms with van der Waals surface area (Å²) in [6, 6.07) is 0. The maximum absolute atomic E-state index is 11.6. The van der Waals surface area contributed by atoms with Gasteiger partial charge in [0.25, 0.3) is 0 Å². The van der Waals surface area contributed by atoms with Gasteiger partial charge in [-0.05, 0) is 31.8 Å². The van der Waals surface area contributed by atoms with E-state index in [2.05, 4.69) is 10.1 Å². The molecule has 1 N–H and O–H groups in total. The lowest BCUT2D eigenvalue weighted by Gasteiger charge is -2.22. The zero-order valence-electron chi connectivity index (χ0n) is 7.06. The van der Waals surface area contributed by atoms with Crippen LogP contribution in [-0.2, 0) is 4.74 Å². The molecule has 0 atom stereocenters. The summed E-state index contributed by atoms with van der Waals surface area (Å²) in [7, 11) is 0. The van der Waals surface area contributed by atoms with Crippen LogP contribution in [0.1, 0.15) is 12.8 Å². The molecule has 6 heteroatoms. The second kappa shape index (κ2) is 5.67. The minimum Gasteiger partial charge on any atom is -0.317 e. The van der Waals surface area contributed by atoms with Crippen molar-refractivity contribution in [2.75, 3.05) is 19.7 Å². The molecule has 0 spiro atoms. The highest BCUT2D eigenvalue weighted by molar-refractivity contribution is 5.85. The molecule has 1 rings (SSSR count). The van der Waals surface area contributed by atoms with E-state index in [1.807, 2.05) is 0 Å². The van der Waals surface area contributed by atoms with E-state index in [9.17, 15) is 13.2 Å². The van der Waals surface area contributed by atoms with Crippen LogP contribution in [0.25, 0.3) is 0 Å². The first-order valence-corrected chi connectivity index (χ1v) is 3.99. The summed E-state index contributed by atoms with van der Waals surface area (Å²) in [6.45, 7) is 1.41. The topological polar surface area (TPSA) is 21.3 Å².